The van der Waals surface area contributed by atoms with Crippen molar-refractivity contribution in [2.45, 2.75) is 51.2 Å². The molecule has 1 aromatic carbocycles. The highest BCUT2D eigenvalue weighted by molar-refractivity contribution is 5.43. The van der Waals surface area contributed by atoms with Gasteiger partial charge < -0.3 is 5.73 Å². The van der Waals surface area contributed by atoms with Crippen LogP contribution in [0.3, 0.4) is 0 Å². The summed E-state index contributed by atoms with van der Waals surface area (Å²) in [5, 5.41) is 11.3. The van der Waals surface area contributed by atoms with Crippen LogP contribution in [0.1, 0.15) is 44.7 Å². The van der Waals surface area contributed by atoms with Crippen LogP contribution in [0, 0.1) is 10.1 Å². The summed E-state index contributed by atoms with van der Waals surface area (Å²) < 4.78 is 0. The molecule has 2 unspecified atom stereocenters. The molecule has 5 nitrogen and oxygen atoms in total. The van der Waals surface area contributed by atoms with Gasteiger partial charge in [0, 0.05) is 23.7 Å². The Morgan fingerprint density at radius 1 is 1.35 bits per heavy atom. The summed E-state index contributed by atoms with van der Waals surface area (Å²) in [5.41, 5.74) is 7.28. The number of benzene rings is 1. The van der Waals surface area contributed by atoms with Crippen LogP contribution in [0.2, 0.25) is 0 Å². The van der Waals surface area contributed by atoms with Gasteiger partial charge in [-0.1, -0.05) is 24.6 Å². The quantitative estimate of drug-likeness (QED) is 0.681. The maximum atomic E-state index is 11.3. The van der Waals surface area contributed by atoms with Gasteiger partial charge in [0.05, 0.1) is 11.0 Å². The van der Waals surface area contributed by atoms with E-state index in [1.54, 1.807) is 12.1 Å². The number of nitro benzene ring substituents is 1. The van der Waals surface area contributed by atoms with Crippen LogP contribution in [-0.4, -0.2) is 28.5 Å². The molecule has 0 aliphatic carbocycles. The van der Waals surface area contributed by atoms with E-state index in [1.165, 1.54) is 0 Å². The van der Waals surface area contributed by atoms with Crippen LogP contribution in [0.25, 0.3) is 0 Å². The van der Waals surface area contributed by atoms with Crippen LogP contribution >= 0.6 is 0 Å². The van der Waals surface area contributed by atoms with Crippen molar-refractivity contribution in [1.29, 1.82) is 0 Å². The first kappa shape index (κ1) is 14.9. The minimum atomic E-state index is -0.300. The highest BCUT2D eigenvalue weighted by Gasteiger charge is 2.34. The van der Waals surface area contributed by atoms with E-state index >= 15 is 0 Å². The average Bonchev–Trinajstić information content (AvgIpc) is 2.60. The molecule has 1 heterocycles. The molecule has 1 aromatic rings. The molecule has 0 amide bonds. The zero-order valence-electron chi connectivity index (χ0n) is 12.2. The lowest BCUT2D eigenvalue weighted by Gasteiger charge is -2.36. The van der Waals surface area contributed by atoms with Crippen molar-refractivity contribution in [2.75, 3.05) is 6.54 Å². The lowest BCUT2D eigenvalue weighted by atomic mass is 9.94. The van der Waals surface area contributed by atoms with Crippen molar-refractivity contribution in [1.82, 2.24) is 4.90 Å². The van der Waals surface area contributed by atoms with Gasteiger partial charge in [-0.2, -0.15) is 0 Å². The Bertz CT molecular complexity index is 476. The highest BCUT2D eigenvalue weighted by Crippen LogP contribution is 2.35. The lowest BCUT2D eigenvalue weighted by Crippen LogP contribution is -2.43. The largest absolute Gasteiger partial charge is 0.326 e. The Kier molecular flexibility index (Phi) is 4.73. The number of rotatable bonds is 3. The molecule has 5 heteroatoms. The molecule has 20 heavy (non-hydrogen) atoms. The van der Waals surface area contributed by atoms with E-state index in [9.17, 15) is 10.1 Å². The second-order valence-electron chi connectivity index (χ2n) is 5.75. The van der Waals surface area contributed by atoms with Crippen LogP contribution in [0.15, 0.2) is 24.3 Å². The van der Waals surface area contributed by atoms with Crippen molar-refractivity contribution >= 4 is 5.69 Å². The second kappa shape index (κ2) is 6.33. The maximum absolute atomic E-state index is 11.3. The molecule has 0 bridgehead atoms. The van der Waals surface area contributed by atoms with Gasteiger partial charge in [-0.05, 0) is 33.2 Å². The Balaban J connectivity index is 2.47. The SMILES string of the molecule is CC(C)N1CCCCC(N)C1c1ccccc1[N+](=O)[O-]. The van der Waals surface area contributed by atoms with E-state index in [4.69, 9.17) is 5.73 Å². The van der Waals surface area contributed by atoms with Gasteiger partial charge in [0.2, 0.25) is 0 Å². The summed E-state index contributed by atoms with van der Waals surface area (Å²) >= 11 is 0. The number of nitro groups is 1. The van der Waals surface area contributed by atoms with Gasteiger partial charge >= 0.3 is 0 Å². The van der Waals surface area contributed by atoms with E-state index < -0.39 is 0 Å². The third-order valence-electron chi connectivity index (χ3n) is 4.08. The van der Waals surface area contributed by atoms with Crippen LogP contribution in [0.4, 0.5) is 5.69 Å². The fraction of sp³-hybridized carbons (Fsp3) is 0.600. The predicted octanol–water partition coefficient (Wildman–Crippen LogP) is 2.86. The van der Waals surface area contributed by atoms with E-state index in [1.807, 2.05) is 12.1 Å². The minimum Gasteiger partial charge on any atom is -0.326 e. The van der Waals surface area contributed by atoms with Crippen LogP contribution in [-0.2, 0) is 0 Å². The normalized spacial score (nSPS) is 24.6. The molecule has 1 aliphatic heterocycles. The van der Waals surface area contributed by atoms with Gasteiger partial charge in [-0.15, -0.1) is 0 Å². The van der Waals surface area contributed by atoms with E-state index in [2.05, 4.69) is 18.7 Å². The summed E-state index contributed by atoms with van der Waals surface area (Å²) in [5.74, 6) is 0. The highest BCUT2D eigenvalue weighted by atomic mass is 16.6. The summed E-state index contributed by atoms with van der Waals surface area (Å²) in [4.78, 5) is 13.3. The number of hydrogen-bond acceptors (Lipinski definition) is 4. The summed E-state index contributed by atoms with van der Waals surface area (Å²) in [6.07, 6.45) is 3.10. The fourth-order valence-corrected chi connectivity index (χ4v) is 3.11. The number of nitrogens with two attached hydrogens (primary N) is 1. The van der Waals surface area contributed by atoms with Crippen molar-refractivity contribution in [3.63, 3.8) is 0 Å². The van der Waals surface area contributed by atoms with E-state index in [0.29, 0.717) is 6.04 Å². The molecule has 2 atom stereocenters. The van der Waals surface area contributed by atoms with Crippen molar-refractivity contribution in [3.8, 4) is 0 Å². The van der Waals surface area contributed by atoms with Gasteiger partial charge in [0.25, 0.3) is 5.69 Å². The molecule has 2 rings (SSSR count). The summed E-state index contributed by atoms with van der Waals surface area (Å²) in [7, 11) is 0. The second-order valence-corrected chi connectivity index (χ2v) is 5.75. The molecule has 1 saturated heterocycles. The molecule has 1 aliphatic rings. The first-order valence-electron chi connectivity index (χ1n) is 7.27. The molecule has 0 saturated carbocycles. The molecule has 0 radical (unpaired) electrons. The maximum Gasteiger partial charge on any atom is 0.274 e. The number of likely N-dealkylation sites (tertiary alicyclic amines) is 1. The topological polar surface area (TPSA) is 72.4 Å². The van der Waals surface area contributed by atoms with Crippen molar-refractivity contribution in [3.05, 3.63) is 39.9 Å². The average molecular weight is 277 g/mol. The molecule has 0 spiro atoms. The van der Waals surface area contributed by atoms with E-state index in [-0.39, 0.29) is 22.7 Å². The molecule has 1 fully saturated rings. The van der Waals surface area contributed by atoms with Gasteiger partial charge in [0.1, 0.15) is 0 Å². The Labute approximate surface area is 119 Å². The van der Waals surface area contributed by atoms with Crippen molar-refractivity contribution < 1.29 is 4.92 Å². The number of nitrogens with zero attached hydrogens (tertiary/aromatic N) is 2. The fourth-order valence-electron chi connectivity index (χ4n) is 3.11. The number of para-hydroxylation sites is 1. The number of hydrogen-bond donors (Lipinski definition) is 1. The zero-order chi connectivity index (χ0) is 14.7. The van der Waals surface area contributed by atoms with Gasteiger partial charge in [0.15, 0.2) is 0 Å². The molecule has 2 N–H and O–H groups in total. The zero-order valence-corrected chi connectivity index (χ0v) is 12.2. The molecule has 110 valence electrons. The molecule has 0 aromatic heterocycles. The monoisotopic (exact) mass is 277 g/mol. The summed E-state index contributed by atoms with van der Waals surface area (Å²) in [6.45, 7) is 5.20. The van der Waals surface area contributed by atoms with E-state index in [0.717, 1.165) is 31.4 Å². The Morgan fingerprint density at radius 2 is 2.05 bits per heavy atom. The van der Waals surface area contributed by atoms with Crippen molar-refractivity contribution in [2.24, 2.45) is 5.73 Å². The first-order chi connectivity index (χ1) is 9.52. The Hall–Kier alpha value is -1.46. The predicted molar refractivity (Wildman–Crippen MR) is 79.5 cm³/mol. The van der Waals surface area contributed by atoms with Crippen LogP contribution in [0.5, 0.6) is 0 Å². The molecular formula is C15H23N3O2. The lowest BCUT2D eigenvalue weighted by molar-refractivity contribution is -0.386. The standard InChI is InChI=1S/C15H23N3O2/c1-11(2)17-10-6-5-8-13(16)15(17)12-7-3-4-9-14(12)18(19)20/h3-4,7,9,11,13,15H,5-6,8,10,16H2,1-2H3. The minimum absolute atomic E-state index is 0.0546. The van der Waals surface area contributed by atoms with Gasteiger partial charge in [-0.3, -0.25) is 15.0 Å². The third-order valence-corrected chi connectivity index (χ3v) is 4.08. The molecular weight excluding hydrogens is 254 g/mol. The Morgan fingerprint density at radius 3 is 2.70 bits per heavy atom. The smallest absolute Gasteiger partial charge is 0.274 e. The van der Waals surface area contributed by atoms with Crippen LogP contribution < -0.4 is 5.73 Å². The summed E-state index contributed by atoms with van der Waals surface area (Å²) in [6, 6.07) is 7.20. The van der Waals surface area contributed by atoms with Gasteiger partial charge in [-0.25, -0.2) is 0 Å². The third kappa shape index (κ3) is 2.99. The first-order valence-corrected chi connectivity index (χ1v) is 7.27.